The first-order valence-electron chi connectivity index (χ1n) is 3.86. The molecule has 74 valence electrons. The van der Waals surface area contributed by atoms with Crippen molar-refractivity contribution >= 4 is 10.0 Å². The summed E-state index contributed by atoms with van der Waals surface area (Å²) in [6, 6.07) is 4.82. The maximum atomic E-state index is 11.3. The van der Waals surface area contributed by atoms with Crippen LogP contribution in [0.3, 0.4) is 0 Å². The van der Waals surface area contributed by atoms with Crippen LogP contribution in [0.4, 0.5) is 0 Å². The first kappa shape index (κ1) is 10.6. The van der Waals surface area contributed by atoms with Crippen molar-refractivity contribution in [2.24, 2.45) is 4.52 Å². The third kappa shape index (κ3) is 2.04. The lowest BCUT2D eigenvalue weighted by atomic mass is 10.2. The summed E-state index contributed by atoms with van der Waals surface area (Å²) in [7, 11) is -3.85. The second-order valence-corrected chi connectivity index (χ2v) is 4.47. The summed E-state index contributed by atoms with van der Waals surface area (Å²) in [6.07, 6.45) is 0. The van der Waals surface area contributed by atoms with E-state index in [0.29, 0.717) is 5.56 Å². The minimum Gasteiger partial charge on any atom is -0.216 e. The molecule has 0 fully saturated rings. The zero-order chi connectivity index (χ0) is 10.8. The largest absolute Gasteiger partial charge is 0.264 e. The van der Waals surface area contributed by atoms with Gasteiger partial charge >= 0.3 is 0 Å². The highest BCUT2D eigenvalue weighted by Crippen LogP contribution is 2.18. The highest BCUT2D eigenvalue weighted by Gasteiger charge is 2.14. The molecule has 14 heavy (non-hydrogen) atoms. The molecule has 0 spiro atoms. The number of rotatable bonds is 2. The van der Waals surface area contributed by atoms with Gasteiger partial charge in [0.1, 0.15) is 0 Å². The van der Waals surface area contributed by atoms with Crippen LogP contribution in [-0.2, 0) is 10.0 Å². The zero-order valence-electron chi connectivity index (χ0n) is 7.80. The number of sulfonamides is 1. The third-order valence-corrected chi connectivity index (χ3v) is 3.05. The molecular weight excluding hydrogens is 202 g/mol. The Balaban J connectivity index is 3.41. The fraction of sp³-hybridized carbons (Fsp3) is 0.250. The lowest BCUT2D eigenvalue weighted by Gasteiger charge is -2.02. The number of nitrogens with zero attached hydrogens (tertiary/aromatic N) is 3. The molecule has 6 heteroatoms. The van der Waals surface area contributed by atoms with Gasteiger partial charge in [0.05, 0.1) is 4.90 Å². The lowest BCUT2D eigenvalue weighted by Crippen LogP contribution is -1.98. The van der Waals surface area contributed by atoms with Gasteiger partial charge in [-0.1, -0.05) is 17.7 Å². The van der Waals surface area contributed by atoms with Crippen molar-refractivity contribution in [3.05, 3.63) is 39.8 Å². The van der Waals surface area contributed by atoms with E-state index in [2.05, 4.69) is 9.43 Å². The maximum Gasteiger partial charge on any atom is 0.264 e. The molecule has 0 aliphatic carbocycles. The van der Waals surface area contributed by atoms with Gasteiger partial charge in [0.25, 0.3) is 10.0 Å². The Bertz CT molecular complexity index is 501. The topological polar surface area (TPSA) is 82.9 Å². The first-order chi connectivity index (χ1) is 6.47. The van der Waals surface area contributed by atoms with Gasteiger partial charge in [-0.05, 0) is 31.0 Å². The van der Waals surface area contributed by atoms with Crippen LogP contribution in [0.2, 0.25) is 0 Å². The number of hydrogen-bond donors (Lipinski definition) is 0. The summed E-state index contributed by atoms with van der Waals surface area (Å²) in [6.45, 7) is 3.52. The Kier molecular flexibility index (Phi) is 2.78. The van der Waals surface area contributed by atoms with Gasteiger partial charge in [-0.15, -0.1) is 0 Å². The predicted molar refractivity (Wildman–Crippen MR) is 52.2 cm³/mol. The van der Waals surface area contributed by atoms with Crippen molar-refractivity contribution in [2.45, 2.75) is 18.7 Å². The van der Waals surface area contributed by atoms with E-state index < -0.39 is 10.0 Å². The Labute approximate surface area is 82.1 Å². The highest BCUT2D eigenvalue weighted by atomic mass is 32.2. The molecule has 0 aliphatic heterocycles. The molecule has 0 aliphatic rings. The standard InChI is InChI=1S/C8H9N3O2S/c1-6-3-4-8(7(2)5-6)14(12,13)11-10-9/h3-5H,1-2H3. The van der Waals surface area contributed by atoms with E-state index >= 15 is 0 Å². The van der Waals surface area contributed by atoms with Gasteiger partial charge in [0.15, 0.2) is 0 Å². The second kappa shape index (κ2) is 3.69. The molecule has 0 amide bonds. The van der Waals surface area contributed by atoms with Crippen molar-refractivity contribution in [3.8, 4) is 0 Å². The molecule has 1 rings (SSSR count). The smallest absolute Gasteiger partial charge is 0.216 e. The summed E-state index contributed by atoms with van der Waals surface area (Å²) in [5.74, 6) is 0. The van der Waals surface area contributed by atoms with Gasteiger partial charge in [-0.2, -0.15) is 0 Å². The fourth-order valence-corrected chi connectivity index (χ4v) is 2.07. The Hall–Kier alpha value is -1.52. The van der Waals surface area contributed by atoms with E-state index in [1.165, 1.54) is 6.07 Å². The molecule has 5 nitrogen and oxygen atoms in total. The van der Waals surface area contributed by atoms with Crippen molar-refractivity contribution in [2.75, 3.05) is 0 Å². The van der Waals surface area contributed by atoms with Gasteiger partial charge in [-0.25, -0.2) is 8.42 Å². The van der Waals surface area contributed by atoms with Gasteiger partial charge in [0, 0.05) is 9.43 Å². The summed E-state index contributed by atoms with van der Waals surface area (Å²) >= 11 is 0. The van der Waals surface area contributed by atoms with Crippen molar-refractivity contribution in [1.29, 1.82) is 0 Å². The van der Waals surface area contributed by atoms with Crippen molar-refractivity contribution in [3.63, 3.8) is 0 Å². The van der Waals surface area contributed by atoms with Gasteiger partial charge in [-0.3, -0.25) is 0 Å². The highest BCUT2D eigenvalue weighted by molar-refractivity contribution is 7.90. The summed E-state index contributed by atoms with van der Waals surface area (Å²) in [5, 5.41) is 0. The van der Waals surface area contributed by atoms with Crippen LogP contribution in [0.15, 0.2) is 27.6 Å². The number of hydrogen-bond acceptors (Lipinski definition) is 2. The molecule has 0 bridgehead atoms. The van der Waals surface area contributed by atoms with Gasteiger partial charge < -0.3 is 0 Å². The normalized spacial score (nSPS) is 10.7. The number of azide groups is 1. The maximum absolute atomic E-state index is 11.3. The van der Waals surface area contributed by atoms with Crippen LogP contribution in [0.1, 0.15) is 11.1 Å². The fourth-order valence-electron chi connectivity index (χ4n) is 1.18. The van der Waals surface area contributed by atoms with E-state index in [1.807, 2.05) is 6.92 Å². The average Bonchev–Trinajstić information content (AvgIpc) is 2.02. The van der Waals surface area contributed by atoms with E-state index in [1.54, 1.807) is 19.1 Å². The zero-order valence-corrected chi connectivity index (χ0v) is 8.61. The summed E-state index contributed by atoms with van der Waals surface area (Å²) in [5.41, 5.74) is 9.63. The first-order valence-corrected chi connectivity index (χ1v) is 5.30. The van der Waals surface area contributed by atoms with Crippen molar-refractivity contribution < 1.29 is 8.42 Å². The third-order valence-electron chi connectivity index (χ3n) is 1.75. The predicted octanol–water partition coefficient (Wildman–Crippen LogP) is 2.30. The minimum atomic E-state index is -3.85. The number of benzene rings is 1. The molecule has 0 atom stereocenters. The molecule has 0 saturated heterocycles. The average molecular weight is 211 g/mol. The van der Waals surface area contributed by atoms with Crippen molar-refractivity contribution in [1.82, 2.24) is 0 Å². The van der Waals surface area contributed by atoms with E-state index in [0.717, 1.165) is 5.56 Å². The van der Waals surface area contributed by atoms with Crippen LogP contribution in [0.5, 0.6) is 0 Å². The molecule has 0 unspecified atom stereocenters. The van der Waals surface area contributed by atoms with E-state index in [9.17, 15) is 8.42 Å². The molecular formula is C8H9N3O2S. The molecule has 1 aromatic carbocycles. The number of aryl methyl sites for hydroxylation is 2. The van der Waals surface area contributed by atoms with Crippen LogP contribution in [-0.4, -0.2) is 8.42 Å². The Morgan fingerprint density at radius 3 is 2.50 bits per heavy atom. The lowest BCUT2D eigenvalue weighted by molar-refractivity contribution is 0.597. The molecule has 0 heterocycles. The van der Waals surface area contributed by atoms with Crippen LogP contribution < -0.4 is 0 Å². The van der Waals surface area contributed by atoms with Gasteiger partial charge in [0.2, 0.25) is 0 Å². The Morgan fingerprint density at radius 2 is 2.00 bits per heavy atom. The quantitative estimate of drug-likeness (QED) is 0.427. The molecule has 0 N–H and O–H groups in total. The minimum absolute atomic E-state index is 0.0564. The van der Waals surface area contributed by atoms with Crippen LogP contribution in [0, 0.1) is 13.8 Å². The van der Waals surface area contributed by atoms with E-state index in [-0.39, 0.29) is 4.90 Å². The van der Waals surface area contributed by atoms with Crippen LogP contribution >= 0.6 is 0 Å². The summed E-state index contributed by atoms with van der Waals surface area (Å²) in [4.78, 5) is 2.34. The molecule has 0 saturated carbocycles. The summed E-state index contributed by atoms with van der Waals surface area (Å²) < 4.78 is 25.5. The van der Waals surface area contributed by atoms with E-state index in [4.69, 9.17) is 5.53 Å². The molecule has 0 aromatic heterocycles. The SMILES string of the molecule is Cc1ccc(S(=O)(=O)N=[N+]=[N-])c(C)c1. The van der Waals surface area contributed by atoms with Crippen LogP contribution in [0.25, 0.3) is 10.4 Å². The molecule has 0 radical (unpaired) electrons. The Morgan fingerprint density at radius 1 is 1.36 bits per heavy atom. The molecule has 1 aromatic rings. The monoisotopic (exact) mass is 211 g/mol. The second-order valence-electron chi connectivity index (χ2n) is 2.92.